The number of rotatable bonds is 2. The van der Waals surface area contributed by atoms with Crippen molar-refractivity contribution >= 4 is 17.9 Å². The molecule has 96 valence electrons. The molecule has 0 fully saturated rings. The summed E-state index contributed by atoms with van der Waals surface area (Å²) in [6, 6.07) is 0. The minimum Gasteiger partial charge on any atom is -0.368 e. The van der Waals surface area contributed by atoms with Crippen molar-refractivity contribution in [2.24, 2.45) is 27.6 Å². The third kappa shape index (κ3) is 4.63. The lowest BCUT2D eigenvalue weighted by Gasteiger charge is -2.04. The Hall–Kier alpha value is -3.07. The summed E-state index contributed by atoms with van der Waals surface area (Å²) in [5.74, 6) is 9.26. The number of nitrogens with one attached hydrogen (secondary N) is 3. The van der Waals surface area contributed by atoms with Gasteiger partial charge in [0.1, 0.15) is 0 Å². The number of nitrogens with two attached hydrogens (primary N) is 3. The van der Waals surface area contributed by atoms with E-state index in [4.69, 9.17) is 22.8 Å². The molecule has 0 radical (unpaired) electrons. The molecule has 15 heteroatoms. The maximum absolute atomic E-state index is 6.40. The largest absolute Gasteiger partial charge is 0.368 e. The number of nitrogens with zero attached hydrogens (tertiary/aromatic N) is 9. The van der Waals surface area contributed by atoms with Gasteiger partial charge in [-0.2, -0.15) is 10.4 Å². The van der Waals surface area contributed by atoms with Crippen molar-refractivity contribution in [2.45, 2.75) is 0 Å². The molecule has 0 aliphatic carbocycles. The molecule has 2 aromatic heterocycles. The zero-order chi connectivity index (χ0) is 13.4. The summed E-state index contributed by atoms with van der Waals surface area (Å²) in [7, 11) is 0. The first-order valence-corrected chi connectivity index (χ1v) is 4.11. The van der Waals surface area contributed by atoms with Crippen LogP contribution in [0.15, 0.2) is 10.2 Å². The third-order valence-electron chi connectivity index (χ3n) is 1.18. The van der Waals surface area contributed by atoms with Gasteiger partial charge in [-0.1, -0.05) is 10.2 Å². The minimum absolute atomic E-state index is 0.111. The number of tetrazole rings is 2. The van der Waals surface area contributed by atoms with Gasteiger partial charge in [0.25, 0.3) is 0 Å². The standard InChI is InChI=1S/C2H2N10.CH7N5/c3(1-5-9-10-6-1)4-2-7-11-12-8-2;2-1(3)6(4)5/h(H,5,6,9,10)(H,7,8,11,12);4-5H2,(H3,2,3). The average molecular weight is 255 g/mol. The molecule has 2 rings (SSSR count). The van der Waals surface area contributed by atoms with E-state index in [0.29, 0.717) is 5.12 Å². The number of aromatic amines is 2. The Balaban J connectivity index is 0.000000232. The molecule has 9 N–H and O–H groups in total. The van der Waals surface area contributed by atoms with E-state index in [9.17, 15) is 0 Å². The topological polar surface area (TPSA) is 239 Å². The molecular weight excluding hydrogens is 246 g/mol. The minimum atomic E-state index is -0.352. The molecule has 0 aliphatic heterocycles. The van der Waals surface area contributed by atoms with Gasteiger partial charge in [-0.05, 0) is 10.4 Å². The molecule has 2 heterocycles. The number of hydrogen-bond donors (Lipinski definition) is 6. The Morgan fingerprint density at radius 2 is 1.44 bits per heavy atom. The summed E-state index contributed by atoms with van der Waals surface area (Å²) in [6.45, 7) is 0. The summed E-state index contributed by atoms with van der Waals surface area (Å²) < 4.78 is 0. The highest BCUT2D eigenvalue weighted by molar-refractivity contribution is 5.72. The van der Waals surface area contributed by atoms with Crippen molar-refractivity contribution in [2.75, 3.05) is 0 Å². The highest BCUT2D eigenvalue weighted by atomic mass is 15.6. The molecule has 18 heavy (non-hydrogen) atoms. The smallest absolute Gasteiger partial charge is 0.307 e. The monoisotopic (exact) mass is 255 g/mol. The lowest BCUT2D eigenvalue weighted by Crippen LogP contribution is -2.47. The van der Waals surface area contributed by atoms with Crippen LogP contribution in [0, 0.1) is 5.41 Å². The van der Waals surface area contributed by atoms with Gasteiger partial charge >= 0.3 is 11.9 Å². The fraction of sp³-hybridized carbons (Fsp3) is 0. The normalized spacial score (nSPS) is 9.89. The van der Waals surface area contributed by atoms with Gasteiger partial charge in [-0.25, -0.2) is 16.8 Å². The highest BCUT2D eigenvalue weighted by Crippen LogP contribution is 2.04. The average Bonchev–Trinajstić information content (AvgIpc) is 3.00. The summed E-state index contributed by atoms with van der Waals surface area (Å²) in [5.41, 5.74) is 4.69. The Kier molecular flexibility index (Phi) is 4.69. The molecule has 0 aliphatic rings. The number of guanidine groups is 1. The number of hydrazine groups is 2. The second kappa shape index (κ2) is 6.50. The van der Waals surface area contributed by atoms with Gasteiger partial charge in [0.15, 0.2) is 0 Å². The van der Waals surface area contributed by atoms with Crippen LogP contribution in [0.2, 0.25) is 0 Å². The second-order valence-electron chi connectivity index (χ2n) is 2.42. The highest BCUT2D eigenvalue weighted by Gasteiger charge is 1.95. The molecule has 0 spiro atoms. The van der Waals surface area contributed by atoms with Crippen LogP contribution in [-0.2, 0) is 0 Å². The zero-order valence-corrected chi connectivity index (χ0v) is 8.76. The van der Waals surface area contributed by atoms with E-state index in [1.807, 2.05) is 0 Å². The Morgan fingerprint density at radius 3 is 1.67 bits per heavy atom. The van der Waals surface area contributed by atoms with Crippen molar-refractivity contribution in [1.29, 1.82) is 5.41 Å². The van der Waals surface area contributed by atoms with Crippen LogP contribution in [0.25, 0.3) is 0 Å². The fourth-order valence-electron chi connectivity index (χ4n) is 0.487. The molecule has 0 bridgehead atoms. The van der Waals surface area contributed by atoms with E-state index in [-0.39, 0.29) is 17.9 Å². The molecule has 15 nitrogen and oxygen atoms in total. The maximum atomic E-state index is 6.40. The van der Waals surface area contributed by atoms with Gasteiger partial charge in [0.2, 0.25) is 5.96 Å². The van der Waals surface area contributed by atoms with Crippen LogP contribution in [0.4, 0.5) is 11.9 Å². The molecule has 0 amide bonds. The molecular formula is C3H9N15. The maximum Gasteiger partial charge on any atom is 0.307 e. The van der Waals surface area contributed by atoms with Gasteiger partial charge in [0, 0.05) is 0 Å². The predicted molar refractivity (Wildman–Crippen MR) is 54.7 cm³/mol. The first-order valence-electron chi connectivity index (χ1n) is 4.11. The Morgan fingerprint density at radius 1 is 1.06 bits per heavy atom. The molecule has 0 atom stereocenters. The molecule has 0 aromatic carbocycles. The van der Waals surface area contributed by atoms with Crippen LogP contribution in [-0.4, -0.2) is 52.3 Å². The summed E-state index contributed by atoms with van der Waals surface area (Å²) in [6.07, 6.45) is 0. The van der Waals surface area contributed by atoms with Gasteiger partial charge < -0.3 is 5.73 Å². The van der Waals surface area contributed by atoms with Crippen LogP contribution in [0.3, 0.4) is 0 Å². The SMILES string of the molecule is N(=Nc1nn[nH]n1)c1nn[nH]n1.N=C(N)N(N)N. The van der Waals surface area contributed by atoms with Crippen LogP contribution in [0.1, 0.15) is 0 Å². The third-order valence-corrected chi connectivity index (χ3v) is 1.18. The van der Waals surface area contributed by atoms with Crippen molar-refractivity contribution < 1.29 is 0 Å². The predicted octanol–water partition coefficient (Wildman–Crippen LogP) is -2.94. The summed E-state index contributed by atoms with van der Waals surface area (Å²) in [4.78, 5) is 0. The van der Waals surface area contributed by atoms with Crippen molar-refractivity contribution in [3.63, 3.8) is 0 Å². The van der Waals surface area contributed by atoms with Crippen molar-refractivity contribution in [1.82, 2.24) is 46.4 Å². The molecule has 2 aromatic rings. The first kappa shape index (κ1) is 13.0. The molecule has 0 saturated heterocycles. The number of H-pyrrole nitrogens is 2. The Labute approximate surface area is 98.3 Å². The summed E-state index contributed by atoms with van der Waals surface area (Å²) >= 11 is 0. The van der Waals surface area contributed by atoms with E-state index < -0.39 is 0 Å². The lowest BCUT2D eigenvalue weighted by atomic mass is 11.1. The second-order valence-corrected chi connectivity index (χ2v) is 2.42. The zero-order valence-electron chi connectivity index (χ0n) is 8.76. The quantitative estimate of drug-likeness (QED) is 0.105. The molecule has 0 unspecified atom stereocenters. The van der Waals surface area contributed by atoms with Gasteiger partial charge in [-0.3, -0.25) is 5.41 Å². The van der Waals surface area contributed by atoms with E-state index >= 15 is 0 Å². The molecule has 0 saturated carbocycles. The Bertz CT molecular complexity index is 426. The van der Waals surface area contributed by atoms with E-state index in [1.165, 1.54) is 0 Å². The van der Waals surface area contributed by atoms with Crippen LogP contribution in [0.5, 0.6) is 0 Å². The number of aromatic nitrogens is 8. The number of azo groups is 1. The van der Waals surface area contributed by atoms with Gasteiger partial charge in [0.05, 0.1) is 0 Å². The van der Waals surface area contributed by atoms with Crippen molar-refractivity contribution in [3.8, 4) is 0 Å². The van der Waals surface area contributed by atoms with Crippen LogP contribution >= 0.6 is 0 Å². The van der Waals surface area contributed by atoms with Crippen LogP contribution < -0.4 is 17.4 Å². The van der Waals surface area contributed by atoms with Crippen molar-refractivity contribution in [3.05, 3.63) is 0 Å². The number of hydrogen-bond acceptors (Lipinski definition) is 11. The first-order chi connectivity index (χ1) is 8.59. The fourth-order valence-corrected chi connectivity index (χ4v) is 0.487. The van der Waals surface area contributed by atoms with E-state index in [2.05, 4.69) is 51.5 Å². The van der Waals surface area contributed by atoms with E-state index in [0.717, 1.165) is 0 Å². The summed E-state index contributed by atoms with van der Waals surface area (Å²) in [5, 5.41) is 39.0. The lowest BCUT2D eigenvalue weighted by molar-refractivity contribution is 0.456. The van der Waals surface area contributed by atoms with E-state index in [1.54, 1.807) is 0 Å². The van der Waals surface area contributed by atoms with Gasteiger partial charge in [-0.15, -0.1) is 20.4 Å².